The van der Waals surface area contributed by atoms with E-state index in [2.05, 4.69) is 51.4 Å². The second-order valence-electron chi connectivity index (χ2n) is 4.93. The number of hydrogen-bond donors (Lipinski definition) is 2. The number of nitrogens with one attached hydrogen (secondary N) is 1. The highest BCUT2D eigenvalue weighted by Gasteiger charge is 2.17. The number of nitrogen functional groups attached to an aromatic ring is 1. The molecule has 1 unspecified atom stereocenters. The minimum atomic E-state index is 0.0693. The number of anilines is 1. The monoisotopic (exact) mass is 333 g/mol. The molecule has 0 saturated carbocycles. The van der Waals surface area contributed by atoms with Crippen molar-refractivity contribution in [3.63, 3.8) is 0 Å². The Bertz CT molecular complexity index is 584. The molecule has 0 spiro atoms. The van der Waals surface area contributed by atoms with Crippen molar-refractivity contribution in [2.75, 3.05) is 12.3 Å². The Hall–Kier alpha value is -1.39. The first kappa shape index (κ1) is 15.0. The summed E-state index contributed by atoms with van der Waals surface area (Å²) in [5.41, 5.74) is 9.42. The number of hydrogen-bond acceptors (Lipinski definition) is 3. The van der Waals surface area contributed by atoms with Gasteiger partial charge < -0.3 is 11.1 Å². The lowest BCUT2D eigenvalue weighted by atomic mass is 9.98. The van der Waals surface area contributed by atoms with E-state index in [-0.39, 0.29) is 6.04 Å². The quantitative estimate of drug-likeness (QED) is 0.874. The van der Waals surface area contributed by atoms with Crippen LogP contribution in [0.4, 0.5) is 5.82 Å². The fourth-order valence-electron chi connectivity index (χ4n) is 2.22. The fraction of sp³-hybridized carbons (Fsp3) is 0.312. The minimum absolute atomic E-state index is 0.0693. The zero-order valence-corrected chi connectivity index (χ0v) is 13.4. The molecule has 0 radical (unpaired) electrons. The molecule has 106 valence electrons. The van der Waals surface area contributed by atoms with Gasteiger partial charge in [0.15, 0.2) is 0 Å². The Morgan fingerprint density at radius 2 is 2.15 bits per heavy atom. The highest BCUT2D eigenvalue weighted by molar-refractivity contribution is 9.10. The van der Waals surface area contributed by atoms with Crippen LogP contribution in [0.15, 0.2) is 41.0 Å². The van der Waals surface area contributed by atoms with E-state index in [4.69, 9.17) is 5.73 Å². The summed E-state index contributed by atoms with van der Waals surface area (Å²) in [7, 11) is 0. The maximum atomic E-state index is 6.07. The topological polar surface area (TPSA) is 50.9 Å². The van der Waals surface area contributed by atoms with Gasteiger partial charge in [0.2, 0.25) is 0 Å². The van der Waals surface area contributed by atoms with Crippen molar-refractivity contribution >= 4 is 21.7 Å². The lowest BCUT2D eigenvalue weighted by Gasteiger charge is -2.21. The summed E-state index contributed by atoms with van der Waals surface area (Å²) in [6, 6.07) is 10.5. The summed E-state index contributed by atoms with van der Waals surface area (Å²) in [6.07, 6.45) is 2.88. The standard InChI is InChI=1S/C16H20BrN3/c1-3-7-19-15(12-5-4-6-13(17)9-12)14-8-11(2)10-20-16(14)18/h4-6,8-10,15,19H,3,7H2,1-2H3,(H2,18,20). The van der Waals surface area contributed by atoms with Gasteiger partial charge in [-0.15, -0.1) is 0 Å². The smallest absolute Gasteiger partial charge is 0.128 e. The average molecular weight is 334 g/mol. The number of halogens is 1. The van der Waals surface area contributed by atoms with Crippen LogP contribution in [0.1, 0.15) is 36.1 Å². The van der Waals surface area contributed by atoms with Crippen LogP contribution in [-0.2, 0) is 0 Å². The molecule has 1 atom stereocenters. The molecule has 1 heterocycles. The van der Waals surface area contributed by atoms with Crippen LogP contribution < -0.4 is 11.1 Å². The summed E-state index contributed by atoms with van der Waals surface area (Å²) in [4.78, 5) is 4.28. The van der Waals surface area contributed by atoms with Gasteiger partial charge in [0.1, 0.15) is 5.82 Å². The molecule has 0 bridgehead atoms. The van der Waals surface area contributed by atoms with Crippen molar-refractivity contribution in [3.05, 3.63) is 57.7 Å². The maximum Gasteiger partial charge on any atom is 0.128 e. The SMILES string of the molecule is CCCNC(c1cccc(Br)c1)c1cc(C)cnc1N. The Morgan fingerprint density at radius 1 is 1.35 bits per heavy atom. The van der Waals surface area contributed by atoms with Gasteiger partial charge in [0.25, 0.3) is 0 Å². The van der Waals surface area contributed by atoms with E-state index in [0.29, 0.717) is 5.82 Å². The molecule has 1 aromatic carbocycles. The van der Waals surface area contributed by atoms with E-state index < -0.39 is 0 Å². The lowest BCUT2D eigenvalue weighted by Crippen LogP contribution is -2.24. The number of rotatable bonds is 5. The van der Waals surface area contributed by atoms with E-state index in [0.717, 1.165) is 28.6 Å². The van der Waals surface area contributed by atoms with E-state index in [1.165, 1.54) is 5.56 Å². The number of pyridine rings is 1. The third-order valence-corrected chi connectivity index (χ3v) is 3.67. The largest absolute Gasteiger partial charge is 0.383 e. The molecule has 2 aromatic rings. The van der Waals surface area contributed by atoms with Crippen LogP contribution in [0.5, 0.6) is 0 Å². The number of aromatic nitrogens is 1. The van der Waals surface area contributed by atoms with E-state index in [1.807, 2.05) is 19.1 Å². The Morgan fingerprint density at radius 3 is 2.85 bits per heavy atom. The van der Waals surface area contributed by atoms with Crippen molar-refractivity contribution in [3.8, 4) is 0 Å². The molecule has 0 amide bonds. The predicted octanol–water partition coefficient (Wildman–Crippen LogP) is 3.82. The molecule has 1 aromatic heterocycles. The van der Waals surface area contributed by atoms with Gasteiger partial charge >= 0.3 is 0 Å². The Labute approximate surface area is 128 Å². The summed E-state index contributed by atoms with van der Waals surface area (Å²) in [5.74, 6) is 0.587. The van der Waals surface area contributed by atoms with Crippen LogP contribution in [-0.4, -0.2) is 11.5 Å². The molecule has 3 N–H and O–H groups in total. The van der Waals surface area contributed by atoms with Crippen molar-refractivity contribution in [1.29, 1.82) is 0 Å². The Balaban J connectivity index is 2.44. The van der Waals surface area contributed by atoms with E-state index in [9.17, 15) is 0 Å². The summed E-state index contributed by atoms with van der Waals surface area (Å²) in [5, 5.41) is 3.56. The molecule has 0 aliphatic rings. The molecular weight excluding hydrogens is 314 g/mol. The van der Waals surface area contributed by atoms with Crippen molar-refractivity contribution < 1.29 is 0 Å². The van der Waals surface area contributed by atoms with Crippen LogP contribution >= 0.6 is 15.9 Å². The first-order valence-corrected chi connectivity index (χ1v) is 7.62. The molecule has 0 saturated heterocycles. The van der Waals surface area contributed by atoms with E-state index >= 15 is 0 Å². The van der Waals surface area contributed by atoms with Crippen LogP contribution in [0, 0.1) is 6.92 Å². The fourth-order valence-corrected chi connectivity index (χ4v) is 2.63. The minimum Gasteiger partial charge on any atom is -0.383 e. The first-order chi connectivity index (χ1) is 9.61. The number of nitrogens with zero attached hydrogens (tertiary/aromatic N) is 1. The van der Waals surface area contributed by atoms with Gasteiger partial charge in [-0.2, -0.15) is 0 Å². The molecule has 0 aliphatic carbocycles. The van der Waals surface area contributed by atoms with Gasteiger partial charge in [0, 0.05) is 16.2 Å². The lowest BCUT2D eigenvalue weighted by molar-refractivity contribution is 0.598. The molecule has 4 heteroatoms. The van der Waals surface area contributed by atoms with Crippen LogP contribution in [0.25, 0.3) is 0 Å². The Kier molecular flexibility index (Phi) is 5.15. The summed E-state index contributed by atoms with van der Waals surface area (Å²) < 4.78 is 1.07. The zero-order chi connectivity index (χ0) is 14.5. The van der Waals surface area contributed by atoms with Crippen LogP contribution in [0.3, 0.4) is 0 Å². The number of aryl methyl sites for hydroxylation is 1. The third-order valence-electron chi connectivity index (χ3n) is 3.18. The number of nitrogens with two attached hydrogens (primary N) is 1. The summed E-state index contributed by atoms with van der Waals surface area (Å²) in [6.45, 7) is 5.13. The molecular formula is C16H20BrN3. The maximum absolute atomic E-state index is 6.07. The molecule has 20 heavy (non-hydrogen) atoms. The normalized spacial score (nSPS) is 12.3. The molecule has 2 rings (SSSR count). The zero-order valence-electron chi connectivity index (χ0n) is 11.9. The van der Waals surface area contributed by atoms with Crippen LogP contribution in [0.2, 0.25) is 0 Å². The molecule has 0 fully saturated rings. The molecule has 0 aliphatic heterocycles. The average Bonchev–Trinajstić information content (AvgIpc) is 2.43. The highest BCUT2D eigenvalue weighted by Crippen LogP contribution is 2.28. The van der Waals surface area contributed by atoms with Crippen molar-refractivity contribution in [2.45, 2.75) is 26.3 Å². The predicted molar refractivity (Wildman–Crippen MR) is 87.7 cm³/mol. The van der Waals surface area contributed by atoms with Gasteiger partial charge in [-0.05, 0) is 49.2 Å². The second kappa shape index (κ2) is 6.86. The van der Waals surface area contributed by atoms with Crippen molar-refractivity contribution in [1.82, 2.24) is 10.3 Å². The third kappa shape index (κ3) is 3.58. The van der Waals surface area contributed by atoms with Gasteiger partial charge in [0.05, 0.1) is 6.04 Å². The number of benzene rings is 1. The first-order valence-electron chi connectivity index (χ1n) is 6.82. The highest BCUT2D eigenvalue weighted by atomic mass is 79.9. The van der Waals surface area contributed by atoms with Gasteiger partial charge in [-0.1, -0.05) is 35.0 Å². The summed E-state index contributed by atoms with van der Waals surface area (Å²) >= 11 is 3.53. The van der Waals surface area contributed by atoms with Crippen molar-refractivity contribution in [2.24, 2.45) is 0 Å². The van der Waals surface area contributed by atoms with E-state index in [1.54, 1.807) is 6.20 Å². The second-order valence-corrected chi connectivity index (χ2v) is 5.84. The van der Waals surface area contributed by atoms with Gasteiger partial charge in [-0.3, -0.25) is 0 Å². The van der Waals surface area contributed by atoms with Gasteiger partial charge in [-0.25, -0.2) is 4.98 Å². The molecule has 3 nitrogen and oxygen atoms in total.